The van der Waals surface area contributed by atoms with Crippen molar-refractivity contribution in [2.75, 3.05) is 16.4 Å². The lowest BCUT2D eigenvalue weighted by Gasteiger charge is -2.13. The number of nitrogens with two attached hydrogens (primary N) is 1. The molecule has 0 heterocycles. The Labute approximate surface area is 139 Å². The largest absolute Gasteiger partial charge is 0.396 e. The van der Waals surface area contributed by atoms with Crippen LogP contribution in [-0.4, -0.2) is 5.11 Å². The van der Waals surface area contributed by atoms with Crippen LogP contribution in [0.5, 0.6) is 0 Å². The Kier molecular flexibility index (Phi) is 4.93. The van der Waals surface area contributed by atoms with Crippen LogP contribution >= 0.6 is 35.4 Å². The smallest absolute Gasteiger partial charge is 0.175 e. The van der Waals surface area contributed by atoms with Crippen LogP contribution in [0.4, 0.5) is 17.1 Å². The lowest BCUT2D eigenvalue weighted by atomic mass is 10.1. The van der Waals surface area contributed by atoms with E-state index in [0.29, 0.717) is 26.5 Å². The van der Waals surface area contributed by atoms with Crippen LogP contribution in [0.3, 0.4) is 0 Å². The SMILES string of the molecule is Cc1ccc(NC(=S)Nc2cc(Cl)c(N)c(Cl)c2)cc1C. The molecule has 0 aliphatic carbocycles. The number of benzene rings is 2. The minimum absolute atomic E-state index is 0.358. The Bertz CT molecular complexity index is 678. The molecule has 2 rings (SSSR count). The number of nitrogens with one attached hydrogen (secondary N) is 2. The molecule has 0 spiro atoms. The Morgan fingerprint density at radius 1 is 0.952 bits per heavy atom. The summed E-state index contributed by atoms with van der Waals surface area (Å²) in [6.45, 7) is 4.12. The lowest BCUT2D eigenvalue weighted by molar-refractivity contribution is 1.34. The van der Waals surface area contributed by atoms with E-state index < -0.39 is 0 Å². The van der Waals surface area contributed by atoms with Gasteiger partial charge in [-0.25, -0.2) is 0 Å². The lowest BCUT2D eigenvalue weighted by Crippen LogP contribution is -2.19. The van der Waals surface area contributed by atoms with Gasteiger partial charge < -0.3 is 16.4 Å². The second kappa shape index (κ2) is 6.52. The van der Waals surface area contributed by atoms with Gasteiger partial charge in [-0.2, -0.15) is 0 Å². The monoisotopic (exact) mass is 339 g/mol. The second-order valence-corrected chi connectivity index (χ2v) is 5.95. The molecule has 0 radical (unpaired) electrons. The maximum Gasteiger partial charge on any atom is 0.175 e. The highest BCUT2D eigenvalue weighted by Crippen LogP contribution is 2.31. The van der Waals surface area contributed by atoms with Crippen LogP contribution in [0.2, 0.25) is 10.0 Å². The van der Waals surface area contributed by atoms with Crippen molar-refractivity contribution in [2.24, 2.45) is 0 Å². The summed E-state index contributed by atoms with van der Waals surface area (Å²) < 4.78 is 0. The van der Waals surface area contributed by atoms with Crippen LogP contribution in [-0.2, 0) is 0 Å². The minimum Gasteiger partial charge on any atom is -0.396 e. The van der Waals surface area contributed by atoms with Crippen LogP contribution in [0.15, 0.2) is 30.3 Å². The zero-order valence-electron chi connectivity index (χ0n) is 11.6. The van der Waals surface area contributed by atoms with E-state index in [1.165, 1.54) is 11.1 Å². The molecule has 0 amide bonds. The first-order valence-corrected chi connectivity index (χ1v) is 7.43. The highest BCUT2D eigenvalue weighted by atomic mass is 35.5. The molecule has 0 fully saturated rings. The first-order chi connectivity index (χ1) is 9.86. The van der Waals surface area contributed by atoms with Gasteiger partial charge in [0.1, 0.15) is 0 Å². The minimum atomic E-state index is 0.358. The molecule has 3 nitrogen and oxygen atoms in total. The third-order valence-corrected chi connectivity index (χ3v) is 3.93. The van der Waals surface area contributed by atoms with E-state index in [0.717, 1.165) is 5.69 Å². The Morgan fingerprint density at radius 2 is 1.52 bits per heavy atom. The third kappa shape index (κ3) is 4.00. The fourth-order valence-corrected chi connectivity index (χ4v) is 2.49. The van der Waals surface area contributed by atoms with Gasteiger partial charge in [-0.3, -0.25) is 0 Å². The van der Waals surface area contributed by atoms with Gasteiger partial charge in [0, 0.05) is 11.4 Å². The molecule has 21 heavy (non-hydrogen) atoms. The molecule has 0 aliphatic heterocycles. The molecule has 0 saturated carbocycles. The molecule has 0 aromatic heterocycles. The Morgan fingerprint density at radius 3 is 2.10 bits per heavy atom. The van der Waals surface area contributed by atoms with Crippen molar-refractivity contribution in [3.63, 3.8) is 0 Å². The van der Waals surface area contributed by atoms with Gasteiger partial charge in [-0.05, 0) is 61.5 Å². The average molecular weight is 340 g/mol. The maximum absolute atomic E-state index is 5.99. The van der Waals surface area contributed by atoms with Crippen LogP contribution in [0.25, 0.3) is 0 Å². The molecule has 0 saturated heterocycles. The molecule has 0 bridgehead atoms. The van der Waals surface area contributed by atoms with Crippen molar-refractivity contribution in [1.82, 2.24) is 0 Å². The van der Waals surface area contributed by atoms with Gasteiger partial charge >= 0.3 is 0 Å². The predicted octanol–water partition coefficient (Wildman–Crippen LogP) is 5.00. The first kappa shape index (κ1) is 15.9. The van der Waals surface area contributed by atoms with Gasteiger partial charge in [-0.15, -0.1) is 0 Å². The number of rotatable bonds is 2. The molecule has 4 N–H and O–H groups in total. The summed E-state index contributed by atoms with van der Waals surface area (Å²) in [5.41, 5.74) is 10.1. The summed E-state index contributed by atoms with van der Waals surface area (Å²) in [6, 6.07) is 9.40. The number of aryl methyl sites for hydroxylation is 2. The van der Waals surface area contributed by atoms with Crippen molar-refractivity contribution in [1.29, 1.82) is 0 Å². The zero-order chi connectivity index (χ0) is 15.6. The Balaban J connectivity index is 2.09. The Hall–Kier alpha value is -1.49. The van der Waals surface area contributed by atoms with Gasteiger partial charge in [0.05, 0.1) is 15.7 Å². The zero-order valence-corrected chi connectivity index (χ0v) is 14.0. The van der Waals surface area contributed by atoms with E-state index >= 15 is 0 Å². The van der Waals surface area contributed by atoms with Gasteiger partial charge in [-0.1, -0.05) is 29.3 Å². The number of thiocarbonyl (C=S) groups is 1. The fourth-order valence-electron chi connectivity index (χ4n) is 1.77. The summed E-state index contributed by atoms with van der Waals surface area (Å²) in [7, 11) is 0. The summed E-state index contributed by atoms with van der Waals surface area (Å²) in [5, 5.41) is 7.37. The molecule has 110 valence electrons. The number of anilines is 3. The van der Waals surface area contributed by atoms with E-state index in [1.54, 1.807) is 12.1 Å². The van der Waals surface area contributed by atoms with Crippen molar-refractivity contribution >= 4 is 57.6 Å². The normalized spacial score (nSPS) is 10.3. The number of hydrogen-bond donors (Lipinski definition) is 3. The molecule has 0 atom stereocenters. The molecule has 2 aromatic carbocycles. The van der Waals surface area contributed by atoms with Gasteiger partial charge in [0.2, 0.25) is 0 Å². The quantitative estimate of drug-likeness (QED) is 0.532. The third-order valence-electron chi connectivity index (χ3n) is 3.10. The van der Waals surface area contributed by atoms with E-state index in [-0.39, 0.29) is 0 Å². The summed E-state index contributed by atoms with van der Waals surface area (Å²) >= 11 is 17.2. The highest BCUT2D eigenvalue weighted by Gasteiger charge is 2.06. The number of nitrogen functional groups attached to an aromatic ring is 1. The first-order valence-electron chi connectivity index (χ1n) is 6.26. The van der Waals surface area contributed by atoms with Crippen LogP contribution < -0.4 is 16.4 Å². The van der Waals surface area contributed by atoms with Crippen molar-refractivity contribution in [3.8, 4) is 0 Å². The molecule has 6 heteroatoms. The maximum atomic E-state index is 5.99. The molecular weight excluding hydrogens is 325 g/mol. The van der Waals surface area contributed by atoms with Gasteiger partial charge in [0.15, 0.2) is 5.11 Å². The number of halogens is 2. The van der Waals surface area contributed by atoms with Crippen molar-refractivity contribution < 1.29 is 0 Å². The average Bonchev–Trinajstić information content (AvgIpc) is 2.40. The molecule has 2 aromatic rings. The molecule has 0 aliphatic rings. The standard InChI is InChI=1S/C15H15Cl2N3S/c1-8-3-4-10(5-9(8)2)19-15(21)20-11-6-12(16)14(18)13(17)7-11/h3-7H,18H2,1-2H3,(H2,19,20,21). The van der Waals surface area contributed by atoms with Crippen LogP contribution in [0, 0.1) is 13.8 Å². The topological polar surface area (TPSA) is 50.1 Å². The fraction of sp³-hybridized carbons (Fsp3) is 0.133. The van der Waals surface area contributed by atoms with E-state index in [4.69, 9.17) is 41.2 Å². The second-order valence-electron chi connectivity index (χ2n) is 4.73. The molecular formula is C15H15Cl2N3S. The number of hydrogen-bond acceptors (Lipinski definition) is 2. The van der Waals surface area contributed by atoms with E-state index in [2.05, 4.69) is 24.5 Å². The van der Waals surface area contributed by atoms with Crippen molar-refractivity contribution in [2.45, 2.75) is 13.8 Å². The summed E-state index contributed by atoms with van der Waals surface area (Å²) in [4.78, 5) is 0. The molecule has 0 unspecified atom stereocenters. The highest BCUT2D eigenvalue weighted by molar-refractivity contribution is 7.80. The summed E-state index contributed by atoms with van der Waals surface area (Å²) in [5.74, 6) is 0. The van der Waals surface area contributed by atoms with Gasteiger partial charge in [0.25, 0.3) is 0 Å². The van der Waals surface area contributed by atoms with E-state index in [9.17, 15) is 0 Å². The van der Waals surface area contributed by atoms with Crippen LogP contribution in [0.1, 0.15) is 11.1 Å². The van der Waals surface area contributed by atoms with E-state index in [1.807, 2.05) is 18.2 Å². The predicted molar refractivity (Wildman–Crippen MR) is 96.6 cm³/mol. The van der Waals surface area contributed by atoms with Crippen molar-refractivity contribution in [3.05, 3.63) is 51.5 Å². The summed E-state index contributed by atoms with van der Waals surface area (Å²) in [6.07, 6.45) is 0.